The molecule has 0 aromatic heterocycles. The molecule has 2 nitrogen and oxygen atoms in total. The highest BCUT2D eigenvalue weighted by molar-refractivity contribution is 6.46. The van der Waals surface area contributed by atoms with Crippen molar-refractivity contribution in [3.63, 3.8) is 0 Å². The molecule has 39 heavy (non-hydrogen) atoms. The molecule has 2 aliphatic rings. The van der Waals surface area contributed by atoms with Crippen molar-refractivity contribution < 1.29 is 18.3 Å². The van der Waals surface area contributed by atoms with Crippen LogP contribution in [-0.4, -0.2) is 5.97 Å². The van der Waals surface area contributed by atoms with Gasteiger partial charge in [-0.3, -0.25) is 0 Å². The highest BCUT2D eigenvalue weighted by atomic mass is 35.5. The Labute approximate surface area is 244 Å². The van der Waals surface area contributed by atoms with Crippen molar-refractivity contribution >= 4 is 52.4 Å². The topological polar surface area (TPSA) is 26.3 Å². The molecule has 198 valence electrons. The Hall–Kier alpha value is -2.63. The molecule has 0 unspecified atom stereocenters. The van der Waals surface area contributed by atoms with Gasteiger partial charge < -0.3 is 4.74 Å². The molecular weight excluding hydrogens is 584 g/mol. The van der Waals surface area contributed by atoms with E-state index in [1.54, 1.807) is 36.4 Å². The first-order valence-corrected chi connectivity index (χ1v) is 14.0. The zero-order valence-electron chi connectivity index (χ0n) is 20.3. The van der Waals surface area contributed by atoms with E-state index in [-0.39, 0.29) is 31.9 Å². The zero-order valence-corrected chi connectivity index (χ0v) is 23.4. The fraction of sp³-hybridized carbons (Fsp3) is 0.194. The van der Waals surface area contributed by atoms with Crippen LogP contribution in [0.4, 0.5) is 8.78 Å². The average molecular weight is 604 g/mol. The van der Waals surface area contributed by atoms with Crippen molar-refractivity contribution in [2.75, 3.05) is 0 Å². The van der Waals surface area contributed by atoms with E-state index in [0.717, 1.165) is 25.7 Å². The van der Waals surface area contributed by atoms with E-state index >= 15 is 8.78 Å². The van der Waals surface area contributed by atoms with Crippen LogP contribution >= 0.6 is 46.4 Å². The Balaban J connectivity index is 1.47. The molecule has 0 radical (unpaired) electrons. The highest BCUT2D eigenvalue weighted by Crippen LogP contribution is 2.54. The number of ether oxygens (including phenoxy) is 1. The Kier molecular flexibility index (Phi) is 7.09. The molecule has 0 N–H and O–H groups in total. The molecule has 4 aromatic carbocycles. The first-order chi connectivity index (χ1) is 18.8. The summed E-state index contributed by atoms with van der Waals surface area (Å²) in [6, 6.07) is 18.1. The number of hydrogen-bond donors (Lipinski definition) is 0. The third-order valence-electron chi connectivity index (χ3n) is 7.17. The maximum atomic E-state index is 16.1. The zero-order chi connectivity index (χ0) is 27.4. The van der Waals surface area contributed by atoms with Gasteiger partial charge in [-0.2, -0.15) is 0 Å². The fourth-order valence-electron chi connectivity index (χ4n) is 5.03. The van der Waals surface area contributed by atoms with E-state index in [4.69, 9.17) is 51.1 Å². The van der Waals surface area contributed by atoms with Crippen molar-refractivity contribution in [1.29, 1.82) is 0 Å². The minimum Gasteiger partial charge on any atom is -0.418 e. The summed E-state index contributed by atoms with van der Waals surface area (Å²) in [6.45, 7) is 0. The normalized spacial score (nSPS) is 14.9. The first-order valence-electron chi connectivity index (χ1n) is 12.5. The van der Waals surface area contributed by atoms with Gasteiger partial charge in [0.05, 0.1) is 15.1 Å². The van der Waals surface area contributed by atoms with Crippen LogP contribution < -0.4 is 4.74 Å². The lowest BCUT2D eigenvalue weighted by molar-refractivity contribution is 0.0723. The van der Waals surface area contributed by atoms with Gasteiger partial charge in [0, 0.05) is 22.3 Å². The molecule has 4 aromatic rings. The van der Waals surface area contributed by atoms with Gasteiger partial charge >= 0.3 is 5.97 Å². The van der Waals surface area contributed by atoms with Gasteiger partial charge in [-0.15, -0.1) is 0 Å². The van der Waals surface area contributed by atoms with E-state index < -0.39 is 28.9 Å². The lowest BCUT2D eigenvalue weighted by Gasteiger charge is -2.20. The second kappa shape index (κ2) is 10.4. The molecule has 2 fully saturated rings. The summed E-state index contributed by atoms with van der Waals surface area (Å²) in [5.41, 5.74) is 2.32. The van der Waals surface area contributed by atoms with Crippen molar-refractivity contribution in [1.82, 2.24) is 0 Å². The summed E-state index contributed by atoms with van der Waals surface area (Å²) in [5, 5.41) is -0.512. The van der Waals surface area contributed by atoms with Crippen LogP contribution in [0.15, 0.2) is 60.7 Å². The summed E-state index contributed by atoms with van der Waals surface area (Å²) >= 11 is 26.3. The standard InChI is InChI=1S/C31H20Cl4F2O2/c32-24-19(15-7-3-1-4-8-15)21(17-11-12-17)28(36)23(26(24)34)31(38)39-30-27(35)25(33)20(16-9-5-2-6-10-16)22(29(30)37)18-13-14-18/h1-10,17-18H,11-14H2. The number of carbonyl (C=O) groups excluding carboxylic acids is 1. The van der Waals surface area contributed by atoms with Crippen LogP contribution in [0.2, 0.25) is 20.1 Å². The largest absolute Gasteiger partial charge is 0.418 e. The molecule has 2 saturated carbocycles. The monoisotopic (exact) mass is 602 g/mol. The van der Waals surface area contributed by atoms with E-state index in [1.807, 2.05) is 24.3 Å². The molecule has 0 amide bonds. The van der Waals surface area contributed by atoms with Gasteiger partial charge in [0.25, 0.3) is 0 Å². The molecule has 2 aliphatic carbocycles. The van der Waals surface area contributed by atoms with Gasteiger partial charge in [0.1, 0.15) is 16.4 Å². The van der Waals surface area contributed by atoms with Crippen LogP contribution in [-0.2, 0) is 0 Å². The maximum absolute atomic E-state index is 16.1. The predicted molar refractivity (Wildman–Crippen MR) is 153 cm³/mol. The van der Waals surface area contributed by atoms with E-state index in [9.17, 15) is 4.79 Å². The molecular formula is C31H20Cl4F2O2. The molecule has 0 aliphatic heterocycles. The van der Waals surface area contributed by atoms with Gasteiger partial charge in [0.15, 0.2) is 11.6 Å². The van der Waals surface area contributed by atoms with E-state index in [0.29, 0.717) is 33.4 Å². The quantitative estimate of drug-likeness (QED) is 0.124. The Bertz CT molecular complexity index is 1620. The Morgan fingerprint density at radius 2 is 1.08 bits per heavy atom. The van der Waals surface area contributed by atoms with Crippen LogP contribution in [0, 0.1) is 11.6 Å². The van der Waals surface area contributed by atoms with Gasteiger partial charge in [-0.05, 0) is 48.6 Å². The highest BCUT2D eigenvalue weighted by Gasteiger charge is 2.38. The Morgan fingerprint density at radius 1 is 0.641 bits per heavy atom. The number of benzene rings is 4. The molecule has 0 heterocycles. The Morgan fingerprint density at radius 3 is 1.54 bits per heavy atom. The lowest BCUT2D eigenvalue weighted by Crippen LogP contribution is -2.16. The second-order valence-corrected chi connectivity index (χ2v) is 11.3. The number of halogens is 6. The first kappa shape index (κ1) is 26.6. The summed E-state index contributed by atoms with van der Waals surface area (Å²) in [4.78, 5) is 13.4. The molecule has 0 saturated heterocycles. The predicted octanol–water partition coefficient (Wildman–Crippen LogP) is 10.9. The van der Waals surface area contributed by atoms with Crippen LogP contribution in [0.1, 0.15) is 59.0 Å². The molecule has 0 atom stereocenters. The number of esters is 1. The van der Waals surface area contributed by atoms with E-state index in [2.05, 4.69) is 0 Å². The third-order valence-corrected chi connectivity index (χ3v) is 8.86. The lowest BCUT2D eigenvalue weighted by atomic mass is 9.93. The minimum absolute atomic E-state index is 0.0285. The fourth-order valence-corrected chi connectivity index (χ4v) is 6.10. The summed E-state index contributed by atoms with van der Waals surface area (Å²) < 4.78 is 37.6. The second-order valence-electron chi connectivity index (χ2n) is 9.84. The minimum atomic E-state index is -1.20. The maximum Gasteiger partial charge on any atom is 0.348 e. The van der Waals surface area contributed by atoms with Gasteiger partial charge in [-0.25, -0.2) is 13.6 Å². The number of rotatable bonds is 6. The van der Waals surface area contributed by atoms with Gasteiger partial charge in [0.2, 0.25) is 0 Å². The third kappa shape index (κ3) is 4.72. The van der Waals surface area contributed by atoms with Crippen molar-refractivity contribution in [3.05, 3.63) is 109 Å². The van der Waals surface area contributed by atoms with E-state index in [1.165, 1.54) is 0 Å². The summed E-state index contributed by atoms with van der Waals surface area (Å²) in [5.74, 6) is -3.62. The molecule has 8 heteroatoms. The number of hydrogen-bond acceptors (Lipinski definition) is 2. The number of carbonyl (C=O) groups is 1. The average Bonchev–Trinajstić information content (AvgIpc) is 3.86. The summed E-state index contributed by atoms with van der Waals surface area (Å²) in [6.07, 6.45) is 2.99. The molecule has 0 spiro atoms. The van der Waals surface area contributed by atoms with Gasteiger partial charge in [-0.1, -0.05) is 107 Å². The SMILES string of the molecule is O=C(Oc1c(F)c(C2CC2)c(-c2ccccc2)c(Cl)c1Cl)c1c(F)c(C2CC2)c(-c2ccccc2)c(Cl)c1Cl. The molecule has 0 bridgehead atoms. The van der Waals surface area contributed by atoms with Crippen molar-refractivity contribution in [2.45, 2.75) is 37.5 Å². The van der Waals surface area contributed by atoms with Crippen molar-refractivity contribution in [2.24, 2.45) is 0 Å². The van der Waals surface area contributed by atoms with Crippen LogP contribution in [0.5, 0.6) is 5.75 Å². The summed E-state index contributed by atoms with van der Waals surface area (Å²) in [7, 11) is 0. The smallest absolute Gasteiger partial charge is 0.348 e. The van der Waals surface area contributed by atoms with Crippen LogP contribution in [0.3, 0.4) is 0 Å². The van der Waals surface area contributed by atoms with Crippen molar-refractivity contribution in [3.8, 4) is 28.0 Å². The van der Waals surface area contributed by atoms with Crippen LogP contribution in [0.25, 0.3) is 22.3 Å². The molecule has 6 rings (SSSR count).